The highest BCUT2D eigenvalue weighted by Crippen LogP contribution is 2.15. The molecule has 0 bridgehead atoms. The number of nitrogens with zero attached hydrogens (tertiary/aromatic N) is 2. The predicted molar refractivity (Wildman–Crippen MR) is 90.7 cm³/mol. The Hall–Kier alpha value is -2.43. The van der Waals surface area contributed by atoms with Crippen LogP contribution in [0.15, 0.2) is 24.3 Å². The Labute approximate surface area is 136 Å². The second-order valence-electron chi connectivity index (χ2n) is 6.00. The summed E-state index contributed by atoms with van der Waals surface area (Å²) in [5, 5.41) is 7.35. The molecule has 0 saturated carbocycles. The molecular weight excluding hydrogens is 290 g/mol. The molecule has 1 aromatic carbocycles. The van der Waals surface area contributed by atoms with Gasteiger partial charge in [0.05, 0.1) is 18.2 Å². The monoisotopic (exact) mass is 313 g/mol. The molecule has 5 heteroatoms. The van der Waals surface area contributed by atoms with Crippen LogP contribution in [0, 0.1) is 26.7 Å². The maximum Gasteiger partial charge on any atom is 0.229 e. The third-order valence-corrected chi connectivity index (χ3v) is 4.20. The van der Waals surface area contributed by atoms with Gasteiger partial charge in [0.1, 0.15) is 0 Å². The molecule has 0 aliphatic carbocycles. The second-order valence-corrected chi connectivity index (χ2v) is 6.00. The summed E-state index contributed by atoms with van der Waals surface area (Å²) in [4.78, 5) is 23.6. The minimum Gasteiger partial charge on any atom is -0.326 e. The minimum atomic E-state index is -0.208. The van der Waals surface area contributed by atoms with Gasteiger partial charge in [-0.15, -0.1) is 0 Å². The number of carbonyl (C=O) groups excluding carboxylic acids is 2. The van der Waals surface area contributed by atoms with E-state index in [1.807, 2.05) is 32.4 Å². The number of aromatic nitrogens is 2. The van der Waals surface area contributed by atoms with Crippen LogP contribution in [0.1, 0.15) is 41.2 Å². The number of aryl methyl sites for hydroxylation is 1. The average Bonchev–Trinajstić information content (AvgIpc) is 2.75. The van der Waals surface area contributed by atoms with Crippen LogP contribution >= 0.6 is 0 Å². The summed E-state index contributed by atoms with van der Waals surface area (Å²) >= 11 is 0. The molecule has 2 aromatic rings. The third kappa shape index (κ3) is 3.86. The SMILES string of the molecule is CC(=O)c1ccc(NC(=O)C(C)Cn2nc(C)c(C)c2C)cc1. The van der Waals surface area contributed by atoms with Gasteiger partial charge in [0.25, 0.3) is 0 Å². The molecule has 0 fully saturated rings. The topological polar surface area (TPSA) is 64.0 Å². The fraction of sp³-hybridized carbons (Fsp3) is 0.389. The van der Waals surface area contributed by atoms with Crippen molar-refractivity contribution in [2.45, 2.75) is 41.2 Å². The molecule has 0 spiro atoms. The van der Waals surface area contributed by atoms with Crippen molar-refractivity contribution in [2.24, 2.45) is 5.92 Å². The van der Waals surface area contributed by atoms with Gasteiger partial charge in [-0.25, -0.2) is 0 Å². The molecule has 0 aliphatic heterocycles. The number of anilines is 1. The maximum absolute atomic E-state index is 12.3. The molecule has 1 amide bonds. The van der Waals surface area contributed by atoms with E-state index in [4.69, 9.17) is 0 Å². The van der Waals surface area contributed by atoms with Crippen LogP contribution in [0.25, 0.3) is 0 Å². The molecule has 1 atom stereocenters. The highest BCUT2D eigenvalue weighted by molar-refractivity contribution is 5.96. The quantitative estimate of drug-likeness (QED) is 0.862. The first kappa shape index (κ1) is 16.9. The Kier molecular flexibility index (Phi) is 4.98. The van der Waals surface area contributed by atoms with Crippen LogP contribution in [0.3, 0.4) is 0 Å². The molecule has 0 saturated heterocycles. The minimum absolute atomic E-state index is 0.0103. The van der Waals surface area contributed by atoms with Gasteiger partial charge in [-0.05, 0) is 57.5 Å². The zero-order chi connectivity index (χ0) is 17.1. The molecule has 1 heterocycles. The summed E-state index contributed by atoms with van der Waals surface area (Å²) in [5.74, 6) is -0.262. The van der Waals surface area contributed by atoms with E-state index < -0.39 is 0 Å². The maximum atomic E-state index is 12.3. The zero-order valence-corrected chi connectivity index (χ0v) is 14.3. The van der Waals surface area contributed by atoms with E-state index >= 15 is 0 Å². The van der Waals surface area contributed by atoms with E-state index in [2.05, 4.69) is 10.4 Å². The fourth-order valence-electron chi connectivity index (χ4n) is 2.36. The fourth-order valence-corrected chi connectivity index (χ4v) is 2.36. The van der Waals surface area contributed by atoms with E-state index in [0.29, 0.717) is 17.8 Å². The number of ketones is 1. The normalized spacial score (nSPS) is 12.0. The van der Waals surface area contributed by atoms with Gasteiger partial charge < -0.3 is 5.32 Å². The molecule has 23 heavy (non-hydrogen) atoms. The first-order valence-corrected chi connectivity index (χ1v) is 7.72. The molecule has 1 aromatic heterocycles. The van der Waals surface area contributed by atoms with Gasteiger partial charge in [0.2, 0.25) is 5.91 Å². The Bertz CT molecular complexity index is 729. The Morgan fingerprint density at radius 1 is 1.17 bits per heavy atom. The number of rotatable bonds is 5. The Balaban J connectivity index is 2.02. The predicted octanol–water partition coefficient (Wildman–Crippen LogP) is 3.29. The number of Topliss-reactive ketones (excluding diaryl/α,β-unsaturated/α-hetero) is 1. The van der Waals surface area contributed by atoms with E-state index in [-0.39, 0.29) is 17.6 Å². The molecule has 1 N–H and O–H groups in total. The van der Waals surface area contributed by atoms with Crippen LogP contribution in [0.4, 0.5) is 5.69 Å². The van der Waals surface area contributed by atoms with Gasteiger partial charge in [-0.1, -0.05) is 6.92 Å². The van der Waals surface area contributed by atoms with Crippen molar-refractivity contribution in [3.8, 4) is 0 Å². The number of nitrogens with one attached hydrogen (secondary N) is 1. The van der Waals surface area contributed by atoms with Gasteiger partial charge in [-0.3, -0.25) is 14.3 Å². The van der Waals surface area contributed by atoms with Crippen molar-refractivity contribution in [3.05, 3.63) is 46.8 Å². The van der Waals surface area contributed by atoms with Crippen molar-refractivity contribution in [3.63, 3.8) is 0 Å². The summed E-state index contributed by atoms with van der Waals surface area (Å²) < 4.78 is 1.88. The number of hydrogen-bond acceptors (Lipinski definition) is 3. The lowest BCUT2D eigenvalue weighted by atomic mass is 10.1. The van der Waals surface area contributed by atoms with Crippen molar-refractivity contribution in [2.75, 3.05) is 5.32 Å². The number of benzene rings is 1. The van der Waals surface area contributed by atoms with E-state index in [9.17, 15) is 9.59 Å². The summed E-state index contributed by atoms with van der Waals surface area (Å²) in [6, 6.07) is 6.92. The van der Waals surface area contributed by atoms with Gasteiger partial charge in [0.15, 0.2) is 5.78 Å². The van der Waals surface area contributed by atoms with Gasteiger partial charge >= 0.3 is 0 Å². The Morgan fingerprint density at radius 3 is 2.26 bits per heavy atom. The van der Waals surface area contributed by atoms with Crippen LogP contribution in [0.5, 0.6) is 0 Å². The average molecular weight is 313 g/mol. The molecule has 1 unspecified atom stereocenters. The summed E-state index contributed by atoms with van der Waals surface area (Å²) in [6.45, 7) is 9.96. The molecular formula is C18H23N3O2. The van der Waals surface area contributed by atoms with Crippen LogP contribution in [-0.4, -0.2) is 21.5 Å². The lowest BCUT2D eigenvalue weighted by Gasteiger charge is -2.14. The largest absolute Gasteiger partial charge is 0.326 e. The van der Waals surface area contributed by atoms with Crippen LogP contribution in [0.2, 0.25) is 0 Å². The smallest absolute Gasteiger partial charge is 0.229 e. The third-order valence-electron chi connectivity index (χ3n) is 4.20. The summed E-state index contributed by atoms with van der Waals surface area (Å²) in [5.41, 5.74) is 4.57. The first-order chi connectivity index (χ1) is 10.8. The lowest BCUT2D eigenvalue weighted by Crippen LogP contribution is -2.25. The molecule has 2 rings (SSSR count). The number of carbonyl (C=O) groups is 2. The summed E-state index contributed by atoms with van der Waals surface area (Å²) in [6.07, 6.45) is 0. The second kappa shape index (κ2) is 6.77. The van der Waals surface area contributed by atoms with Crippen LogP contribution < -0.4 is 5.32 Å². The van der Waals surface area contributed by atoms with E-state index in [1.165, 1.54) is 6.92 Å². The first-order valence-electron chi connectivity index (χ1n) is 7.72. The van der Waals surface area contributed by atoms with Crippen molar-refractivity contribution in [1.82, 2.24) is 9.78 Å². The number of amides is 1. The zero-order valence-electron chi connectivity index (χ0n) is 14.3. The highest BCUT2D eigenvalue weighted by atomic mass is 16.2. The van der Waals surface area contributed by atoms with Gasteiger partial charge in [-0.2, -0.15) is 5.10 Å². The molecule has 0 aliphatic rings. The van der Waals surface area contributed by atoms with Crippen LogP contribution in [-0.2, 0) is 11.3 Å². The van der Waals surface area contributed by atoms with Crippen molar-refractivity contribution in [1.29, 1.82) is 0 Å². The van der Waals surface area contributed by atoms with Crippen molar-refractivity contribution >= 4 is 17.4 Å². The van der Waals surface area contributed by atoms with E-state index in [1.54, 1.807) is 24.3 Å². The molecule has 122 valence electrons. The van der Waals surface area contributed by atoms with Crippen molar-refractivity contribution < 1.29 is 9.59 Å². The Morgan fingerprint density at radius 2 is 1.78 bits per heavy atom. The molecule has 5 nitrogen and oxygen atoms in total. The summed E-state index contributed by atoms with van der Waals surface area (Å²) in [7, 11) is 0. The van der Waals surface area contributed by atoms with Gasteiger partial charge in [0, 0.05) is 16.9 Å². The number of hydrogen-bond donors (Lipinski definition) is 1. The standard InChI is InChI=1S/C18H23N3O2/c1-11(10-21-14(4)12(2)13(3)20-21)18(23)19-17-8-6-16(7-9-17)15(5)22/h6-9,11H,10H2,1-5H3,(H,19,23). The van der Waals surface area contributed by atoms with E-state index in [0.717, 1.165) is 17.0 Å². The molecule has 0 radical (unpaired) electrons. The lowest BCUT2D eigenvalue weighted by molar-refractivity contribution is -0.119. The highest BCUT2D eigenvalue weighted by Gasteiger charge is 2.17.